The highest BCUT2D eigenvalue weighted by atomic mass is 32.2. The van der Waals surface area contributed by atoms with Crippen molar-refractivity contribution in [2.75, 3.05) is 13.2 Å². The molecular formula is C9H13NO3S. The molecule has 2 atom stereocenters. The molecule has 1 fully saturated rings. The van der Waals surface area contributed by atoms with Gasteiger partial charge in [0.2, 0.25) is 0 Å². The van der Waals surface area contributed by atoms with E-state index in [1.807, 2.05) is 6.92 Å². The predicted molar refractivity (Wildman–Crippen MR) is 54.1 cm³/mol. The van der Waals surface area contributed by atoms with Crippen LogP contribution in [0.2, 0.25) is 0 Å². The van der Waals surface area contributed by atoms with E-state index in [0.717, 1.165) is 19.4 Å². The SMILES string of the molecule is CCOC1=NC(=O)C2CCCOC2S1. The van der Waals surface area contributed by atoms with E-state index in [0.29, 0.717) is 11.8 Å². The Morgan fingerprint density at radius 2 is 2.57 bits per heavy atom. The average molecular weight is 215 g/mol. The molecule has 78 valence electrons. The molecule has 0 aromatic heterocycles. The topological polar surface area (TPSA) is 47.9 Å². The molecule has 0 spiro atoms. The summed E-state index contributed by atoms with van der Waals surface area (Å²) in [6.07, 6.45) is 1.84. The van der Waals surface area contributed by atoms with E-state index in [-0.39, 0.29) is 17.3 Å². The minimum Gasteiger partial charge on any atom is -0.473 e. The van der Waals surface area contributed by atoms with Crippen LogP contribution in [-0.2, 0) is 14.3 Å². The fourth-order valence-corrected chi connectivity index (χ4v) is 2.71. The molecule has 4 nitrogen and oxygen atoms in total. The molecule has 2 heterocycles. The van der Waals surface area contributed by atoms with Crippen LogP contribution < -0.4 is 0 Å². The van der Waals surface area contributed by atoms with E-state index >= 15 is 0 Å². The Bertz CT molecular complexity index is 267. The fourth-order valence-electron chi connectivity index (χ4n) is 1.60. The van der Waals surface area contributed by atoms with Gasteiger partial charge in [-0.15, -0.1) is 0 Å². The lowest BCUT2D eigenvalue weighted by Crippen LogP contribution is -2.36. The number of rotatable bonds is 1. The van der Waals surface area contributed by atoms with Crippen molar-refractivity contribution >= 4 is 22.9 Å². The van der Waals surface area contributed by atoms with E-state index in [4.69, 9.17) is 9.47 Å². The third kappa shape index (κ3) is 1.93. The van der Waals surface area contributed by atoms with E-state index < -0.39 is 0 Å². The number of thioether (sulfide) groups is 1. The van der Waals surface area contributed by atoms with Gasteiger partial charge in [0, 0.05) is 6.61 Å². The van der Waals surface area contributed by atoms with E-state index in [9.17, 15) is 4.79 Å². The standard InChI is InChI=1S/C9H13NO3S/c1-2-12-9-10-7(11)6-4-3-5-13-8(6)14-9/h6,8H,2-5H2,1H3. The molecule has 0 aromatic carbocycles. The Hall–Kier alpha value is -0.550. The minimum absolute atomic E-state index is 0.0574. The molecule has 2 rings (SSSR count). The second-order valence-corrected chi connectivity index (χ2v) is 4.30. The summed E-state index contributed by atoms with van der Waals surface area (Å²) in [5.74, 6) is -0.144. The molecule has 1 saturated heterocycles. The van der Waals surface area contributed by atoms with Crippen molar-refractivity contribution in [2.45, 2.75) is 25.2 Å². The van der Waals surface area contributed by atoms with Gasteiger partial charge >= 0.3 is 0 Å². The average Bonchev–Trinajstić information content (AvgIpc) is 2.18. The van der Waals surface area contributed by atoms with Gasteiger partial charge in [0.1, 0.15) is 5.44 Å². The fraction of sp³-hybridized carbons (Fsp3) is 0.778. The Kier molecular flexibility index (Phi) is 3.08. The number of hydrogen-bond donors (Lipinski definition) is 0. The first kappa shape index (κ1) is 9.98. The number of carbonyl (C=O) groups is 1. The van der Waals surface area contributed by atoms with E-state index in [2.05, 4.69) is 4.99 Å². The molecule has 0 bridgehead atoms. The Balaban J connectivity index is 2.09. The second-order valence-electron chi connectivity index (χ2n) is 3.25. The smallest absolute Gasteiger partial charge is 0.256 e. The van der Waals surface area contributed by atoms with Crippen LogP contribution in [0, 0.1) is 5.92 Å². The molecule has 2 aliphatic rings. The lowest BCUT2D eigenvalue weighted by Gasteiger charge is -2.31. The zero-order chi connectivity index (χ0) is 9.97. The Morgan fingerprint density at radius 1 is 1.71 bits per heavy atom. The van der Waals surface area contributed by atoms with Crippen molar-refractivity contribution in [1.82, 2.24) is 0 Å². The molecular weight excluding hydrogens is 202 g/mol. The monoisotopic (exact) mass is 215 g/mol. The number of aliphatic imine (C=N–C) groups is 1. The summed E-state index contributed by atoms with van der Waals surface area (Å²) in [5, 5.41) is 0.459. The molecule has 1 amide bonds. The number of ether oxygens (including phenoxy) is 2. The largest absolute Gasteiger partial charge is 0.473 e. The number of fused-ring (bicyclic) bond motifs is 1. The van der Waals surface area contributed by atoms with Crippen LogP contribution in [0.4, 0.5) is 0 Å². The summed E-state index contributed by atoms with van der Waals surface area (Å²) in [6.45, 7) is 3.15. The van der Waals surface area contributed by atoms with Gasteiger partial charge in [-0.05, 0) is 31.5 Å². The molecule has 2 unspecified atom stereocenters. The number of carbonyl (C=O) groups excluding carboxylic acids is 1. The zero-order valence-corrected chi connectivity index (χ0v) is 8.88. The maximum absolute atomic E-state index is 11.6. The zero-order valence-electron chi connectivity index (χ0n) is 8.06. The van der Waals surface area contributed by atoms with Gasteiger partial charge in [0.05, 0.1) is 12.5 Å². The summed E-state index contributed by atoms with van der Waals surface area (Å²) in [7, 11) is 0. The Morgan fingerprint density at radius 3 is 3.36 bits per heavy atom. The molecule has 0 aromatic rings. The lowest BCUT2D eigenvalue weighted by atomic mass is 10.0. The third-order valence-corrected chi connectivity index (χ3v) is 3.38. The summed E-state index contributed by atoms with van der Waals surface area (Å²) < 4.78 is 10.7. The highest BCUT2D eigenvalue weighted by molar-refractivity contribution is 8.14. The van der Waals surface area contributed by atoms with Gasteiger partial charge in [0.25, 0.3) is 11.1 Å². The van der Waals surface area contributed by atoms with Gasteiger partial charge in [-0.25, -0.2) is 0 Å². The van der Waals surface area contributed by atoms with Crippen LogP contribution >= 0.6 is 11.8 Å². The quantitative estimate of drug-likeness (QED) is 0.663. The molecule has 14 heavy (non-hydrogen) atoms. The molecule has 0 N–H and O–H groups in total. The number of amides is 1. The van der Waals surface area contributed by atoms with Crippen LogP contribution in [0.15, 0.2) is 4.99 Å². The van der Waals surface area contributed by atoms with Crippen molar-refractivity contribution in [3.05, 3.63) is 0 Å². The van der Waals surface area contributed by atoms with Gasteiger partial charge < -0.3 is 9.47 Å². The highest BCUT2D eigenvalue weighted by Gasteiger charge is 2.37. The second kappa shape index (κ2) is 4.31. The third-order valence-electron chi connectivity index (χ3n) is 2.27. The first-order valence-corrected chi connectivity index (χ1v) is 5.73. The van der Waals surface area contributed by atoms with Crippen LogP contribution in [0.5, 0.6) is 0 Å². The van der Waals surface area contributed by atoms with Crippen LogP contribution in [0.25, 0.3) is 0 Å². The number of hydrogen-bond acceptors (Lipinski definition) is 4. The summed E-state index contributed by atoms with van der Waals surface area (Å²) in [4.78, 5) is 15.4. The van der Waals surface area contributed by atoms with Crippen molar-refractivity contribution in [3.8, 4) is 0 Å². The normalized spacial score (nSPS) is 32.1. The van der Waals surface area contributed by atoms with E-state index in [1.165, 1.54) is 11.8 Å². The molecule has 0 radical (unpaired) electrons. The molecule has 2 aliphatic heterocycles. The van der Waals surface area contributed by atoms with Crippen LogP contribution in [0.3, 0.4) is 0 Å². The first-order chi connectivity index (χ1) is 6.81. The number of nitrogens with zero attached hydrogens (tertiary/aromatic N) is 1. The van der Waals surface area contributed by atoms with Gasteiger partial charge in [-0.1, -0.05) is 0 Å². The van der Waals surface area contributed by atoms with Gasteiger partial charge in [-0.3, -0.25) is 4.79 Å². The van der Waals surface area contributed by atoms with Crippen molar-refractivity contribution in [2.24, 2.45) is 10.9 Å². The van der Waals surface area contributed by atoms with Crippen molar-refractivity contribution in [3.63, 3.8) is 0 Å². The van der Waals surface area contributed by atoms with Crippen LogP contribution in [0.1, 0.15) is 19.8 Å². The lowest BCUT2D eigenvalue weighted by molar-refractivity contribution is -0.127. The van der Waals surface area contributed by atoms with E-state index in [1.54, 1.807) is 0 Å². The Labute approximate surface area is 87.1 Å². The maximum atomic E-state index is 11.6. The molecule has 0 aliphatic carbocycles. The summed E-state index contributed by atoms with van der Waals surface area (Å²) in [5.41, 5.74) is -0.0738. The van der Waals surface area contributed by atoms with Crippen LogP contribution in [-0.4, -0.2) is 29.8 Å². The highest BCUT2D eigenvalue weighted by Crippen LogP contribution is 2.34. The maximum Gasteiger partial charge on any atom is 0.256 e. The summed E-state index contributed by atoms with van der Waals surface area (Å²) >= 11 is 1.43. The first-order valence-electron chi connectivity index (χ1n) is 4.85. The summed E-state index contributed by atoms with van der Waals surface area (Å²) in [6, 6.07) is 0. The molecule has 5 heteroatoms. The van der Waals surface area contributed by atoms with Crippen molar-refractivity contribution < 1.29 is 14.3 Å². The predicted octanol–water partition coefficient (Wildman–Crippen LogP) is 1.41. The van der Waals surface area contributed by atoms with Crippen molar-refractivity contribution in [1.29, 1.82) is 0 Å². The van der Waals surface area contributed by atoms with Gasteiger partial charge in [0.15, 0.2) is 0 Å². The minimum atomic E-state index is -0.0862. The van der Waals surface area contributed by atoms with Gasteiger partial charge in [-0.2, -0.15) is 4.99 Å². The molecule has 0 saturated carbocycles.